The van der Waals surface area contributed by atoms with Gasteiger partial charge in [-0.15, -0.1) is 0 Å². The van der Waals surface area contributed by atoms with Crippen LogP contribution in [0.1, 0.15) is 24.3 Å². The van der Waals surface area contributed by atoms with Crippen molar-refractivity contribution in [3.8, 4) is 5.75 Å². The molecular formula is C11H10O3. The van der Waals surface area contributed by atoms with Gasteiger partial charge < -0.3 is 5.11 Å². The second kappa shape index (κ2) is 3.25. The van der Waals surface area contributed by atoms with Crippen LogP contribution in [0.15, 0.2) is 24.3 Å². The zero-order chi connectivity index (χ0) is 10.1. The Kier molecular flexibility index (Phi) is 2.08. The molecule has 1 saturated carbocycles. The minimum atomic E-state index is -0.587. The zero-order valence-electron chi connectivity index (χ0n) is 7.56. The monoisotopic (exact) mass is 190 g/mol. The van der Waals surface area contributed by atoms with E-state index in [1.54, 1.807) is 12.1 Å². The van der Waals surface area contributed by atoms with Crippen molar-refractivity contribution in [1.82, 2.24) is 0 Å². The molecule has 3 heteroatoms. The molecule has 72 valence electrons. The molecule has 0 spiro atoms. The Morgan fingerprint density at radius 3 is 2.00 bits per heavy atom. The van der Waals surface area contributed by atoms with Gasteiger partial charge in [-0.25, -0.2) is 0 Å². The van der Waals surface area contributed by atoms with E-state index in [2.05, 4.69) is 0 Å². The second-order valence-electron chi connectivity index (χ2n) is 3.46. The highest BCUT2D eigenvalue weighted by Gasteiger charge is 2.33. The van der Waals surface area contributed by atoms with E-state index in [1.807, 2.05) is 0 Å². The Bertz CT molecular complexity index is 362. The van der Waals surface area contributed by atoms with Crippen LogP contribution in [0.3, 0.4) is 0 Å². The van der Waals surface area contributed by atoms with Gasteiger partial charge in [0.25, 0.3) is 0 Å². The first kappa shape index (κ1) is 8.94. The third-order valence-corrected chi connectivity index (χ3v) is 2.49. The Labute approximate surface area is 81.4 Å². The van der Waals surface area contributed by atoms with Gasteiger partial charge in [0, 0.05) is 12.8 Å². The molecule has 1 aliphatic carbocycles. The Morgan fingerprint density at radius 1 is 1.00 bits per heavy atom. The van der Waals surface area contributed by atoms with Crippen molar-refractivity contribution in [1.29, 1.82) is 0 Å². The van der Waals surface area contributed by atoms with Gasteiger partial charge in [-0.2, -0.15) is 0 Å². The highest BCUT2D eigenvalue weighted by molar-refractivity contribution is 6.13. The smallest absolute Gasteiger partial charge is 0.148 e. The number of aromatic hydroxyl groups is 1. The van der Waals surface area contributed by atoms with Crippen LogP contribution in [0, 0.1) is 0 Å². The lowest BCUT2D eigenvalue weighted by Crippen LogP contribution is -2.11. The molecule has 0 radical (unpaired) electrons. The van der Waals surface area contributed by atoms with Gasteiger partial charge in [-0.3, -0.25) is 9.59 Å². The average molecular weight is 190 g/mol. The molecule has 0 aliphatic heterocycles. The standard InChI is InChI=1S/C11H10O3/c12-8-3-1-7(2-4-8)11-9(13)5-6-10(11)14/h1-4,11-12H,5-6H2. The molecule has 1 N–H and O–H groups in total. The molecule has 1 aliphatic rings. The first-order chi connectivity index (χ1) is 6.68. The summed E-state index contributed by atoms with van der Waals surface area (Å²) in [5, 5.41) is 9.06. The number of phenolic OH excluding ortho intramolecular Hbond substituents is 1. The van der Waals surface area contributed by atoms with Crippen LogP contribution >= 0.6 is 0 Å². The molecular weight excluding hydrogens is 180 g/mol. The second-order valence-corrected chi connectivity index (χ2v) is 3.46. The minimum absolute atomic E-state index is 0.0133. The maximum atomic E-state index is 11.4. The van der Waals surface area contributed by atoms with Gasteiger partial charge in [0.1, 0.15) is 23.2 Å². The normalized spacial score (nSPS) is 17.7. The van der Waals surface area contributed by atoms with E-state index in [0.717, 1.165) is 0 Å². The molecule has 0 bridgehead atoms. The molecule has 1 aromatic carbocycles. The number of hydrogen-bond donors (Lipinski definition) is 1. The van der Waals surface area contributed by atoms with Crippen molar-refractivity contribution < 1.29 is 14.7 Å². The van der Waals surface area contributed by atoms with E-state index in [0.29, 0.717) is 18.4 Å². The largest absolute Gasteiger partial charge is 0.508 e. The predicted octanol–water partition coefficient (Wildman–Crippen LogP) is 1.41. The van der Waals surface area contributed by atoms with E-state index in [1.165, 1.54) is 12.1 Å². The number of rotatable bonds is 1. The molecule has 3 nitrogen and oxygen atoms in total. The predicted molar refractivity (Wildman–Crippen MR) is 50.1 cm³/mol. The highest BCUT2D eigenvalue weighted by atomic mass is 16.3. The summed E-state index contributed by atoms with van der Waals surface area (Å²) in [5.74, 6) is -0.469. The van der Waals surface area contributed by atoms with Gasteiger partial charge in [0.2, 0.25) is 0 Å². The van der Waals surface area contributed by atoms with Gasteiger partial charge in [0.15, 0.2) is 0 Å². The first-order valence-corrected chi connectivity index (χ1v) is 4.53. The summed E-state index contributed by atoms with van der Waals surface area (Å²) in [6.45, 7) is 0. The number of benzene rings is 1. The molecule has 0 aromatic heterocycles. The van der Waals surface area contributed by atoms with Crippen molar-refractivity contribution in [3.05, 3.63) is 29.8 Å². The summed E-state index contributed by atoms with van der Waals surface area (Å²) in [6.07, 6.45) is 0.703. The lowest BCUT2D eigenvalue weighted by atomic mass is 9.96. The van der Waals surface area contributed by atoms with Crippen LogP contribution in [0.2, 0.25) is 0 Å². The fraction of sp³-hybridized carbons (Fsp3) is 0.273. The molecule has 1 fully saturated rings. The average Bonchev–Trinajstić information content (AvgIpc) is 2.49. The van der Waals surface area contributed by atoms with Crippen molar-refractivity contribution >= 4 is 11.6 Å². The molecule has 0 unspecified atom stereocenters. The number of carbonyl (C=O) groups is 2. The third-order valence-electron chi connectivity index (χ3n) is 2.49. The maximum Gasteiger partial charge on any atom is 0.148 e. The number of carbonyl (C=O) groups excluding carboxylic acids is 2. The SMILES string of the molecule is O=C1CCC(=O)C1c1ccc(O)cc1. The lowest BCUT2D eigenvalue weighted by molar-refractivity contribution is -0.123. The van der Waals surface area contributed by atoms with Gasteiger partial charge in [-0.05, 0) is 17.7 Å². The first-order valence-electron chi connectivity index (χ1n) is 4.53. The maximum absolute atomic E-state index is 11.4. The van der Waals surface area contributed by atoms with E-state index >= 15 is 0 Å². The fourth-order valence-corrected chi connectivity index (χ4v) is 1.75. The zero-order valence-corrected chi connectivity index (χ0v) is 7.56. The van der Waals surface area contributed by atoms with Crippen LogP contribution in [0.4, 0.5) is 0 Å². The van der Waals surface area contributed by atoms with Crippen molar-refractivity contribution in [2.45, 2.75) is 18.8 Å². The molecule has 2 rings (SSSR count). The van der Waals surface area contributed by atoms with E-state index in [4.69, 9.17) is 5.11 Å². The number of hydrogen-bond acceptors (Lipinski definition) is 3. The summed E-state index contributed by atoms with van der Waals surface area (Å²) in [4.78, 5) is 22.8. The molecule has 0 heterocycles. The summed E-state index contributed by atoms with van der Waals surface area (Å²) >= 11 is 0. The number of Topliss-reactive ketones (excluding diaryl/α,β-unsaturated/α-hetero) is 2. The van der Waals surface area contributed by atoms with E-state index in [9.17, 15) is 9.59 Å². The Hall–Kier alpha value is -1.64. The van der Waals surface area contributed by atoms with Crippen LogP contribution in [-0.2, 0) is 9.59 Å². The molecule has 0 amide bonds. The summed E-state index contributed by atoms with van der Waals surface area (Å²) in [5.41, 5.74) is 0.690. The molecule has 0 saturated heterocycles. The van der Waals surface area contributed by atoms with Gasteiger partial charge in [0.05, 0.1) is 0 Å². The lowest BCUT2D eigenvalue weighted by Gasteiger charge is -2.06. The van der Waals surface area contributed by atoms with Crippen LogP contribution < -0.4 is 0 Å². The van der Waals surface area contributed by atoms with Crippen molar-refractivity contribution in [2.24, 2.45) is 0 Å². The quantitative estimate of drug-likeness (QED) is 0.681. The van der Waals surface area contributed by atoms with Crippen LogP contribution in [0.25, 0.3) is 0 Å². The van der Waals surface area contributed by atoms with Crippen LogP contribution in [0.5, 0.6) is 5.75 Å². The van der Waals surface area contributed by atoms with Gasteiger partial charge >= 0.3 is 0 Å². The number of ketones is 2. The highest BCUT2D eigenvalue weighted by Crippen LogP contribution is 2.28. The van der Waals surface area contributed by atoms with Crippen LogP contribution in [-0.4, -0.2) is 16.7 Å². The number of phenols is 1. The third kappa shape index (κ3) is 1.41. The summed E-state index contributed by atoms with van der Waals surface area (Å²) in [7, 11) is 0. The molecule has 14 heavy (non-hydrogen) atoms. The van der Waals surface area contributed by atoms with Crippen molar-refractivity contribution in [2.75, 3.05) is 0 Å². The molecule has 1 aromatic rings. The topological polar surface area (TPSA) is 54.4 Å². The summed E-state index contributed by atoms with van der Waals surface area (Å²) in [6, 6.07) is 6.24. The molecule has 0 atom stereocenters. The van der Waals surface area contributed by atoms with Gasteiger partial charge in [-0.1, -0.05) is 12.1 Å². The van der Waals surface area contributed by atoms with E-state index in [-0.39, 0.29) is 17.3 Å². The van der Waals surface area contributed by atoms with E-state index < -0.39 is 5.92 Å². The Balaban J connectivity index is 2.34. The minimum Gasteiger partial charge on any atom is -0.508 e. The Morgan fingerprint density at radius 2 is 1.50 bits per heavy atom. The summed E-state index contributed by atoms with van der Waals surface area (Å²) < 4.78 is 0. The fourth-order valence-electron chi connectivity index (χ4n) is 1.75. The van der Waals surface area contributed by atoms with Crippen molar-refractivity contribution in [3.63, 3.8) is 0 Å².